The third kappa shape index (κ3) is 3.99. The zero-order valence-corrected chi connectivity index (χ0v) is 10.7. The van der Waals surface area contributed by atoms with Crippen molar-refractivity contribution in [2.75, 3.05) is 13.1 Å². The maximum absolute atomic E-state index is 3.72. The summed E-state index contributed by atoms with van der Waals surface area (Å²) in [6.07, 6.45) is 4.04. The van der Waals surface area contributed by atoms with E-state index in [1.807, 2.05) is 0 Å². The molecule has 1 fully saturated rings. The van der Waals surface area contributed by atoms with Crippen molar-refractivity contribution < 1.29 is 0 Å². The van der Waals surface area contributed by atoms with Gasteiger partial charge >= 0.3 is 0 Å². The predicted molar refractivity (Wildman–Crippen MR) is 62.4 cm³/mol. The number of alkyl halides is 1. The van der Waals surface area contributed by atoms with Crippen molar-refractivity contribution in [1.29, 1.82) is 0 Å². The maximum atomic E-state index is 3.72. The lowest BCUT2D eigenvalue weighted by molar-refractivity contribution is 0.158. The summed E-state index contributed by atoms with van der Waals surface area (Å²) in [6, 6.07) is 0.799. The summed E-state index contributed by atoms with van der Waals surface area (Å²) in [7, 11) is 0. The molecule has 2 unspecified atom stereocenters. The maximum Gasteiger partial charge on any atom is 0.0273 e. The van der Waals surface area contributed by atoms with E-state index >= 15 is 0 Å². The Labute approximate surface area is 91.0 Å². The van der Waals surface area contributed by atoms with Crippen LogP contribution in [0.1, 0.15) is 40.0 Å². The number of rotatable bonds is 3. The molecule has 1 aliphatic heterocycles. The van der Waals surface area contributed by atoms with Crippen LogP contribution in [-0.4, -0.2) is 28.9 Å². The summed E-state index contributed by atoms with van der Waals surface area (Å²) in [5.41, 5.74) is 0. The number of piperidine rings is 1. The number of hydrogen-bond donors (Lipinski definition) is 0. The Morgan fingerprint density at radius 3 is 2.69 bits per heavy atom. The molecule has 1 heterocycles. The Morgan fingerprint density at radius 1 is 1.38 bits per heavy atom. The highest BCUT2D eigenvalue weighted by atomic mass is 79.9. The van der Waals surface area contributed by atoms with E-state index in [4.69, 9.17) is 0 Å². The van der Waals surface area contributed by atoms with E-state index < -0.39 is 0 Å². The Kier molecular flexibility index (Phi) is 4.74. The fraction of sp³-hybridized carbons (Fsp3) is 1.00. The minimum Gasteiger partial charge on any atom is -0.300 e. The standard InChI is InChI=1S/C11H22BrN/c1-9(2)6-7-13-8-11(12)5-4-10(13)3/h9-11H,4-8H2,1-3H3. The van der Waals surface area contributed by atoms with Gasteiger partial charge in [-0.05, 0) is 38.6 Å². The lowest BCUT2D eigenvalue weighted by Gasteiger charge is -2.36. The normalized spacial score (nSPS) is 31.2. The average Bonchev–Trinajstić information content (AvgIpc) is 2.06. The van der Waals surface area contributed by atoms with Crippen molar-refractivity contribution in [2.45, 2.75) is 50.9 Å². The van der Waals surface area contributed by atoms with Crippen LogP contribution in [0.4, 0.5) is 0 Å². The molecule has 78 valence electrons. The first-order valence-electron chi connectivity index (χ1n) is 5.47. The fourth-order valence-electron chi connectivity index (χ4n) is 1.87. The zero-order valence-electron chi connectivity index (χ0n) is 9.09. The quantitative estimate of drug-likeness (QED) is 0.693. The van der Waals surface area contributed by atoms with Gasteiger partial charge in [0.05, 0.1) is 0 Å². The number of halogens is 1. The van der Waals surface area contributed by atoms with Crippen LogP contribution in [0.25, 0.3) is 0 Å². The SMILES string of the molecule is CC(C)CCN1CC(Br)CCC1C. The largest absolute Gasteiger partial charge is 0.300 e. The molecule has 13 heavy (non-hydrogen) atoms. The van der Waals surface area contributed by atoms with Crippen molar-refractivity contribution >= 4 is 15.9 Å². The van der Waals surface area contributed by atoms with Gasteiger partial charge in [0.25, 0.3) is 0 Å². The summed E-state index contributed by atoms with van der Waals surface area (Å²) in [5, 5.41) is 0. The Balaban J connectivity index is 2.29. The van der Waals surface area contributed by atoms with Gasteiger partial charge in [-0.25, -0.2) is 0 Å². The second-order valence-electron chi connectivity index (χ2n) is 4.70. The molecule has 0 amide bonds. The van der Waals surface area contributed by atoms with Gasteiger partial charge in [0.1, 0.15) is 0 Å². The predicted octanol–water partition coefficient (Wildman–Crippen LogP) is 3.28. The molecule has 0 aromatic rings. The van der Waals surface area contributed by atoms with Gasteiger partial charge in [0, 0.05) is 17.4 Å². The van der Waals surface area contributed by atoms with Gasteiger partial charge in [-0.15, -0.1) is 0 Å². The van der Waals surface area contributed by atoms with E-state index in [9.17, 15) is 0 Å². The van der Waals surface area contributed by atoms with Crippen molar-refractivity contribution in [3.05, 3.63) is 0 Å². The Hall–Kier alpha value is 0.440. The van der Waals surface area contributed by atoms with Crippen LogP contribution in [0.3, 0.4) is 0 Å². The van der Waals surface area contributed by atoms with Crippen LogP contribution in [-0.2, 0) is 0 Å². The molecule has 0 aliphatic carbocycles. The molecule has 1 nitrogen and oxygen atoms in total. The second-order valence-corrected chi connectivity index (χ2v) is 6.00. The number of likely N-dealkylation sites (tertiary alicyclic amines) is 1. The summed E-state index contributed by atoms with van der Waals surface area (Å²) in [5.74, 6) is 0.836. The van der Waals surface area contributed by atoms with Gasteiger partial charge in [0.15, 0.2) is 0 Å². The molecule has 0 bridgehead atoms. The third-order valence-corrected chi connectivity index (χ3v) is 3.69. The van der Waals surface area contributed by atoms with Crippen LogP contribution in [0, 0.1) is 5.92 Å². The lowest BCUT2D eigenvalue weighted by Crippen LogP contribution is -2.42. The molecule has 1 rings (SSSR count). The van der Waals surface area contributed by atoms with Gasteiger partial charge in [0.2, 0.25) is 0 Å². The summed E-state index contributed by atoms with van der Waals surface area (Å²) >= 11 is 3.72. The van der Waals surface area contributed by atoms with Crippen molar-refractivity contribution in [2.24, 2.45) is 5.92 Å². The number of hydrogen-bond acceptors (Lipinski definition) is 1. The summed E-state index contributed by atoms with van der Waals surface area (Å²) in [6.45, 7) is 9.49. The van der Waals surface area contributed by atoms with Gasteiger partial charge < -0.3 is 0 Å². The minimum absolute atomic E-state index is 0.732. The van der Waals surface area contributed by atoms with Crippen LogP contribution in [0.15, 0.2) is 0 Å². The Morgan fingerprint density at radius 2 is 2.08 bits per heavy atom. The molecule has 0 saturated carbocycles. The molecule has 2 heteroatoms. The zero-order chi connectivity index (χ0) is 9.84. The van der Waals surface area contributed by atoms with E-state index in [0.29, 0.717) is 0 Å². The van der Waals surface area contributed by atoms with Gasteiger partial charge in [-0.3, -0.25) is 4.90 Å². The molecule has 1 aliphatic rings. The number of nitrogens with zero attached hydrogens (tertiary/aromatic N) is 1. The first-order chi connectivity index (χ1) is 6.09. The van der Waals surface area contributed by atoms with Crippen molar-refractivity contribution in [3.63, 3.8) is 0 Å². The van der Waals surface area contributed by atoms with E-state index in [2.05, 4.69) is 41.6 Å². The second kappa shape index (κ2) is 5.35. The molecule has 0 radical (unpaired) electrons. The van der Waals surface area contributed by atoms with E-state index in [0.717, 1.165) is 16.8 Å². The van der Waals surface area contributed by atoms with Crippen LogP contribution in [0.5, 0.6) is 0 Å². The monoisotopic (exact) mass is 247 g/mol. The topological polar surface area (TPSA) is 3.24 Å². The molecule has 0 N–H and O–H groups in total. The molecule has 0 aromatic heterocycles. The highest BCUT2D eigenvalue weighted by Gasteiger charge is 2.23. The van der Waals surface area contributed by atoms with Crippen LogP contribution in [0.2, 0.25) is 0 Å². The third-order valence-electron chi connectivity index (χ3n) is 2.95. The van der Waals surface area contributed by atoms with Crippen LogP contribution < -0.4 is 0 Å². The minimum atomic E-state index is 0.732. The van der Waals surface area contributed by atoms with Crippen molar-refractivity contribution in [1.82, 2.24) is 4.90 Å². The highest BCUT2D eigenvalue weighted by Crippen LogP contribution is 2.22. The molecular weight excluding hydrogens is 226 g/mol. The first kappa shape index (κ1) is 11.5. The molecule has 0 aromatic carbocycles. The first-order valence-corrected chi connectivity index (χ1v) is 6.39. The fourth-order valence-corrected chi connectivity index (χ4v) is 2.50. The van der Waals surface area contributed by atoms with Gasteiger partial charge in [-0.2, -0.15) is 0 Å². The van der Waals surface area contributed by atoms with E-state index in [1.165, 1.54) is 32.4 Å². The van der Waals surface area contributed by atoms with E-state index in [1.54, 1.807) is 0 Å². The molecule has 1 saturated heterocycles. The smallest absolute Gasteiger partial charge is 0.0273 e. The van der Waals surface area contributed by atoms with E-state index in [-0.39, 0.29) is 0 Å². The molecular formula is C11H22BrN. The Bertz CT molecular complexity index is 147. The van der Waals surface area contributed by atoms with Crippen molar-refractivity contribution in [3.8, 4) is 0 Å². The lowest BCUT2D eigenvalue weighted by atomic mass is 10.0. The average molecular weight is 248 g/mol. The highest BCUT2D eigenvalue weighted by molar-refractivity contribution is 9.09. The molecule has 2 atom stereocenters. The molecule has 0 spiro atoms. The summed E-state index contributed by atoms with van der Waals surface area (Å²) < 4.78 is 0. The van der Waals surface area contributed by atoms with Crippen LogP contribution >= 0.6 is 15.9 Å². The summed E-state index contributed by atoms with van der Waals surface area (Å²) in [4.78, 5) is 3.36. The van der Waals surface area contributed by atoms with Gasteiger partial charge in [-0.1, -0.05) is 29.8 Å².